The smallest absolute Gasteiger partial charge is 0.0233 e. The van der Waals surface area contributed by atoms with Gasteiger partial charge in [0.2, 0.25) is 0 Å². The van der Waals surface area contributed by atoms with Crippen molar-refractivity contribution in [3.8, 4) is 0 Å². The van der Waals surface area contributed by atoms with E-state index in [1.165, 1.54) is 38.5 Å². The summed E-state index contributed by atoms with van der Waals surface area (Å²) in [6, 6.07) is 0. The predicted molar refractivity (Wildman–Crippen MR) is 48.4 cm³/mol. The van der Waals surface area contributed by atoms with Gasteiger partial charge >= 0.3 is 0 Å². The zero-order chi connectivity index (χ0) is 7.68. The van der Waals surface area contributed by atoms with Crippen molar-refractivity contribution >= 4 is 0 Å². The quantitative estimate of drug-likeness (QED) is 0.503. The van der Waals surface area contributed by atoms with Crippen LogP contribution in [-0.2, 0) is 0 Å². The standard InChI is InChI=1S/C11H18/c1-2-9-6-7-10-4-3-5-11(10)8-9/h2,9-11H,1,3-8H2. The van der Waals surface area contributed by atoms with E-state index < -0.39 is 0 Å². The molecular weight excluding hydrogens is 132 g/mol. The molecule has 11 heavy (non-hydrogen) atoms. The second kappa shape index (κ2) is 3.00. The zero-order valence-electron chi connectivity index (χ0n) is 7.26. The van der Waals surface area contributed by atoms with Gasteiger partial charge in [0.05, 0.1) is 0 Å². The van der Waals surface area contributed by atoms with Crippen LogP contribution in [0.1, 0.15) is 38.5 Å². The Bertz CT molecular complexity index is 148. The lowest BCUT2D eigenvalue weighted by molar-refractivity contribution is 0.237. The van der Waals surface area contributed by atoms with Crippen LogP contribution in [0.15, 0.2) is 12.7 Å². The molecule has 0 aromatic carbocycles. The largest absolute Gasteiger partial charge is 0.103 e. The zero-order valence-corrected chi connectivity index (χ0v) is 7.26. The van der Waals surface area contributed by atoms with Gasteiger partial charge in [0.15, 0.2) is 0 Å². The van der Waals surface area contributed by atoms with E-state index in [-0.39, 0.29) is 0 Å². The average molecular weight is 150 g/mol. The molecule has 2 saturated carbocycles. The Hall–Kier alpha value is -0.260. The molecule has 2 aliphatic rings. The van der Waals surface area contributed by atoms with Gasteiger partial charge in [-0.25, -0.2) is 0 Å². The van der Waals surface area contributed by atoms with E-state index in [1.807, 2.05) is 0 Å². The van der Waals surface area contributed by atoms with Crippen molar-refractivity contribution in [2.45, 2.75) is 38.5 Å². The maximum Gasteiger partial charge on any atom is -0.0233 e. The Morgan fingerprint density at radius 2 is 1.82 bits per heavy atom. The molecule has 0 aliphatic heterocycles. The van der Waals surface area contributed by atoms with Gasteiger partial charge in [-0.05, 0) is 37.0 Å². The first kappa shape index (κ1) is 7.39. The van der Waals surface area contributed by atoms with E-state index in [0.29, 0.717) is 0 Å². The highest BCUT2D eigenvalue weighted by Crippen LogP contribution is 2.44. The molecule has 3 atom stereocenters. The minimum Gasteiger partial charge on any atom is -0.103 e. The van der Waals surface area contributed by atoms with Gasteiger partial charge in [0.1, 0.15) is 0 Å². The van der Waals surface area contributed by atoms with Crippen LogP contribution in [0.3, 0.4) is 0 Å². The SMILES string of the molecule is C=CC1CCC2CCCC2C1. The molecule has 0 aromatic heterocycles. The van der Waals surface area contributed by atoms with E-state index in [1.54, 1.807) is 0 Å². The number of fused-ring (bicyclic) bond motifs is 1. The summed E-state index contributed by atoms with van der Waals surface area (Å²) in [5.41, 5.74) is 0. The highest BCUT2D eigenvalue weighted by molar-refractivity contribution is 4.90. The summed E-state index contributed by atoms with van der Waals surface area (Å²) in [4.78, 5) is 0. The molecule has 0 heteroatoms. The van der Waals surface area contributed by atoms with Crippen LogP contribution in [0, 0.1) is 17.8 Å². The minimum absolute atomic E-state index is 0.856. The molecule has 0 bridgehead atoms. The number of allylic oxidation sites excluding steroid dienone is 1. The van der Waals surface area contributed by atoms with Gasteiger partial charge in [-0.3, -0.25) is 0 Å². The number of hydrogen-bond acceptors (Lipinski definition) is 0. The molecule has 0 amide bonds. The Balaban J connectivity index is 1.96. The summed E-state index contributed by atoms with van der Waals surface area (Å²) in [5, 5.41) is 0. The lowest BCUT2D eigenvalue weighted by Gasteiger charge is -2.29. The van der Waals surface area contributed by atoms with Crippen molar-refractivity contribution in [1.82, 2.24) is 0 Å². The third-order valence-corrected chi connectivity index (χ3v) is 3.66. The van der Waals surface area contributed by atoms with Crippen LogP contribution in [-0.4, -0.2) is 0 Å². The van der Waals surface area contributed by atoms with E-state index in [0.717, 1.165) is 17.8 Å². The van der Waals surface area contributed by atoms with Crippen LogP contribution < -0.4 is 0 Å². The average Bonchev–Trinajstić information content (AvgIpc) is 2.50. The molecule has 0 aromatic rings. The van der Waals surface area contributed by atoms with Crippen LogP contribution in [0.5, 0.6) is 0 Å². The molecule has 0 saturated heterocycles. The van der Waals surface area contributed by atoms with Gasteiger partial charge in [-0.15, -0.1) is 6.58 Å². The van der Waals surface area contributed by atoms with Crippen molar-refractivity contribution in [2.75, 3.05) is 0 Å². The summed E-state index contributed by atoms with van der Waals surface area (Å²) in [6.07, 6.45) is 11.1. The van der Waals surface area contributed by atoms with Crippen molar-refractivity contribution in [2.24, 2.45) is 17.8 Å². The van der Waals surface area contributed by atoms with E-state index in [4.69, 9.17) is 0 Å². The van der Waals surface area contributed by atoms with Gasteiger partial charge < -0.3 is 0 Å². The molecule has 2 rings (SSSR count). The molecular formula is C11H18. The summed E-state index contributed by atoms with van der Waals surface area (Å²) < 4.78 is 0. The second-order valence-electron chi connectivity index (χ2n) is 4.26. The van der Waals surface area contributed by atoms with Gasteiger partial charge in [0.25, 0.3) is 0 Å². The molecule has 2 fully saturated rings. The molecule has 2 aliphatic carbocycles. The Morgan fingerprint density at radius 1 is 1.00 bits per heavy atom. The molecule has 0 spiro atoms. The van der Waals surface area contributed by atoms with Crippen LogP contribution in [0.4, 0.5) is 0 Å². The fourth-order valence-corrected chi connectivity index (χ4v) is 2.95. The first-order chi connectivity index (χ1) is 5.40. The van der Waals surface area contributed by atoms with Crippen LogP contribution >= 0.6 is 0 Å². The highest BCUT2D eigenvalue weighted by Gasteiger charge is 2.32. The second-order valence-corrected chi connectivity index (χ2v) is 4.26. The fourth-order valence-electron chi connectivity index (χ4n) is 2.95. The van der Waals surface area contributed by atoms with Crippen molar-refractivity contribution in [3.05, 3.63) is 12.7 Å². The Kier molecular flexibility index (Phi) is 2.02. The fraction of sp³-hybridized carbons (Fsp3) is 0.818. The third kappa shape index (κ3) is 1.36. The van der Waals surface area contributed by atoms with Crippen molar-refractivity contribution < 1.29 is 0 Å². The van der Waals surface area contributed by atoms with E-state index in [2.05, 4.69) is 12.7 Å². The monoisotopic (exact) mass is 150 g/mol. The predicted octanol–water partition coefficient (Wildman–Crippen LogP) is 3.39. The maximum atomic E-state index is 3.90. The number of hydrogen-bond donors (Lipinski definition) is 0. The van der Waals surface area contributed by atoms with E-state index in [9.17, 15) is 0 Å². The highest BCUT2D eigenvalue weighted by atomic mass is 14.4. The van der Waals surface area contributed by atoms with Gasteiger partial charge in [0, 0.05) is 0 Å². The van der Waals surface area contributed by atoms with E-state index >= 15 is 0 Å². The molecule has 0 nitrogen and oxygen atoms in total. The molecule has 0 N–H and O–H groups in total. The maximum absolute atomic E-state index is 3.90. The summed E-state index contributed by atoms with van der Waals surface area (Å²) in [7, 11) is 0. The summed E-state index contributed by atoms with van der Waals surface area (Å²) >= 11 is 0. The summed E-state index contributed by atoms with van der Waals surface area (Å²) in [5.74, 6) is 3.03. The Labute approximate surface area is 69.7 Å². The minimum atomic E-state index is 0.856. The lowest BCUT2D eigenvalue weighted by atomic mass is 9.76. The first-order valence-corrected chi connectivity index (χ1v) is 5.02. The molecule has 3 unspecified atom stereocenters. The summed E-state index contributed by atoms with van der Waals surface area (Å²) in [6.45, 7) is 3.90. The third-order valence-electron chi connectivity index (χ3n) is 3.66. The first-order valence-electron chi connectivity index (χ1n) is 5.02. The molecule has 0 heterocycles. The van der Waals surface area contributed by atoms with Gasteiger partial charge in [-0.1, -0.05) is 25.3 Å². The number of rotatable bonds is 1. The van der Waals surface area contributed by atoms with Crippen molar-refractivity contribution in [1.29, 1.82) is 0 Å². The lowest BCUT2D eigenvalue weighted by Crippen LogP contribution is -2.19. The van der Waals surface area contributed by atoms with Crippen LogP contribution in [0.2, 0.25) is 0 Å². The molecule has 62 valence electrons. The van der Waals surface area contributed by atoms with Crippen LogP contribution in [0.25, 0.3) is 0 Å². The Morgan fingerprint density at radius 3 is 2.64 bits per heavy atom. The van der Waals surface area contributed by atoms with Crippen molar-refractivity contribution in [3.63, 3.8) is 0 Å². The van der Waals surface area contributed by atoms with Gasteiger partial charge in [-0.2, -0.15) is 0 Å². The molecule has 0 radical (unpaired) electrons. The topological polar surface area (TPSA) is 0 Å². The normalized spacial score (nSPS) is 43.5.